The van der Waals surface area contributed by atoms with E-state index in [-0.39, 0.29) is 12.3 Å². The lowest BCUT2D eigenvalue weighted by Crippen LogP contribution is -2.13. The molecule has 0 aliphatic rings. The van der Waals surface area contributed by atoms with E-state index in [9.17, 15) is 4.79 Å². The van der Waals surface area contributed by atoms with Crippen molar-refractivity contribution in [3.8, 4) is 16.1 Å². The molecular formula is C18H17ClN2O2S. The van der Waals surface area contributed by atoms with Gasteiger partial charge in [-0.15, -0.1) is 11.3 Å². The van der Waals surface area contributed by atoms with Crippen molar-refractivity contribution in [1.29, 1.82) is 0 Å². The summed E-state index contributed by atoms with van der Waals surface area (Å²) in [6.07, 6.45) is 0. The van der Waals surface area contributed by atoms with E-state index in [1.807, 2.05) is 24.3 Å². The maximum atomic E-state index is 12.2. The highest BCUT2D eigenvalue weighted by atomic mass is 35.5. The largest absolute Gasteiger partial charge is 0.461 e. The number of halogens is 1. The average Bonchev–Trinajstić information content (AvgIpc) is 3.11. The Hall–Kier alpha value is -2.24. The first-order chi connectivity index (χ1) is 11.5. The number of nitrogens with zero attached hydrogens (tertiary/aromatic N) is 1. The fourth-order valence-electron chi connectivity index (χ4n) is 2.52. The Kier molecular flexibility index (Phi) is 4.64. The number of nitrogen functional groups attached to an aromatic ring is 1. The summed E-state index contributed by atoms with van der Waals surface area (Å²) in [6.45, 7) is 4.11. The monoisotopic (exact) mass is 360 g/mol. The van der Waals surface area contributed by atoms with Gasteiger partial charge in [0.2, 0.25) is 0 Å². The maximum absolute atomic E-state index is 12.2. The van der Waals surface area contributed by atoms with Gasteiger partial charge in [-0.3, -0.25) is 4.57 Å². The van der Waals surface area contributed by atoms with Gasteiger partial charge in [-0.1, -0.05) is 23.7 Å². The third-order valence-electron chi connectivity index (χ3n) is 3.60. The van der Waals surface area contributed by atoms with Crippen LogP contribution in [0.4, 0.5) is 5.69 Å². The second-order valence-electron chi connectivity index (χ2n) is 5.28. The zero-order valence-corrected chi connectivity index (χ0v) is 14.9. The normalized spacial score (nSPS) is 10.8. The van der Waals surface area contributed by atoms with E-state index in [2.05, 4.69) is 19.1 Å². The lowest BCUT2D eigenvalue weighted by molar-refractivity contribution is 0.0518. The number of carbonyl (C=O) groups is 1. The Labute approximate surface area is 149 Å². The minimum atomic E-state index is -0.486. The fourth-order valence-corrected chi connectivity index (χ4v) is 3.70. The van der Waals surface area contributed by atoms with E-state index in [1.54, 1.807) is 28.9 Å². The molecule has 124 valence electrons. The molecule has 1 aromatic carbocycles. The molecule has 3 rings (SSSR count). The molecule has 0 saturated heterocycles. The SMILES string of the molecule is CCOC(=O)c1c(N)cc(Cl)n1-c1ccc(-c2ccc(C)s2)cc1. The molecule has 0 bridgehead atoms. The van der Waals surface area contributed by atoms with Crippen LogP contribution in [0.15, 0.2) is 42.5 Å². The van der Waals surface area contributed by atoms with Crippen LogP contribution in [0.25, 0.3) is 16.1 Å². The Bertz CT molecular complexity index is 881. The van der Waals surface area contributed by atoms with Gasteiger partial charge >= 0.3 is 5.97 Å². The van der Waals surface area contributed by atoms with E-state index >= 15 is 0 Å². The van der Waals surface area contributed by atoms with Crippen LogP contribution in [0.5, 0.6) is 0 Å². The molecule has 24 heavy (non-hydrogen) atoms. The summed E-state index contributed by atoms with van der Waals surface area (Å²) in [5, 5.41) is 0.371. The van der Waals surface area contributed by atoms with Gasteiger partial charge in [0.25, 0.3) is 0 Å². The van der Waals surface area contributed by atoms with Crippen molar-refractivity contribution in [2.24, 2.45) is 0 Å². The number of esters is 1. The van der Waals surface area contributed by atoms with Crippen LogP contribution in [0.3, 0.4) is 0 Å². The van der Waals surface area contributed by atoms with Crippen molar-refractivity contribution in [3.05, 3.63) is 58.2 Å². The number of ether oxygens (including phenoxy) is 1. The number of thiophene rings is 1. The smallest absolute Gasteiger partial charge is 0.357 e. The number of rotatable bonds is 4. The van der Waals surface area contributed by atoms with Gasteiger partial charge in [0, 0.05) is 15.4 Å². The molecule has 4 nitrogen and oxygen atoms in total. The first-order valence-electron chi connectivity index (χ1n) is 7.52. The van der Waals surface area contributed by atoms with Crippen LogP contribution in [0.2, 0.25) is 5.15 Å². The molecule has 0 amide bonds. The highest BCUT2D eigenvalue weighted by Gasteiger charge is 2.21. The number of carbonyl (C=O) groups excluding carboxylic acids is 1. The quantitative estimate of drug-likeness (QED) is 0.671. The van der Waals surface area contributed by atoms with E-state index in [4.69, 9.17) is 22.1 Å². The van der Waals surface area contributed by atoms with Gasteiger partial charge in [-0.05, 0) is 49.7 Å². The summed E-state index contributed by atoms with van der Waals surface area (Å²) in [5.41, 5.74) is 8.36. The lowest BCUT2D eigenvalue weighted by atomic mass is 10.1. The summed E-state index contributed by atoms with van der Waals surface area (Å²) in [4.78, 5) is 14.6. The predicted molar refractivity (Wildman–Crippen MR) is 99.2 cm³/mol. The van der Waals surface area contributed by atoms with Crippen LogP contribution in [-0.2, 0) is 4.74 Å². The Morgan fingerprint density at radius 1 is 1.25 bits per heavy atom. The number of nitrogens with two attached hydrogens (primary N) is 1. The van der Waals surface area contributed by atoms with Gasteiger partial charge in [0.15, 0.2) is 5.69 Å². The van der Waals surface area contributed by atoms with Gasteiger partial charge in [0.05, 0.1) is 12.3 Å². The van der Waals surface area contributed by atoms with Crippen molar-refractivity contribution >= 4 is 34.6 Å². The van der Waals surface area contributed by atoms with E-state index in [0.29, 0.717) is 10.8 Å². The van der Waals surface area contributed by atoms with Crippen molar-refractivity contribution < 1.29 is 9.53 Å². The number of aryl methyl sites for hydroxylation is 1. The molecule has 2 aromatic heterocycles. The molecule has 0 aliphatic carbocycles. The molecule has 6 heteroatoms. The first kappa shape index (κ1) is 16.6. The van der Waals surface area contributed by atoms with E-state index < -0.39 is 5.97 Å². The van der Waals surface area contributed by atoms with Crippen molar-refractivity contribution in [3.63, 3.8) is 0 Å². The van der Waals surface area contributed by atoms with Crippen molar-refractivity contribution in [2.45, 2.75) is 13.8 Å². The van der Waals surface area contributed by atoms with Gasteiger partial charge < -0.3 is 10.5 Å². The highest BCUT2D eigenvalue weighted by molar-refractivity contribution is 7.15. The number of anilines is 1. The van der Waals surface area contributed by atoms with Crippen LogP contribution >= 0.6 is 22.9 Å². The van der Waals surface area contributed by atoms with Gasteiger partial charge in [-0.2, -0.15) is 0 Å². The predicted octanol–water partition coefficient (Wildman–Crippen LogP) is 4.93. The molecular weight excluding hydrogens is 344 g/mol. The minimum Gasteiger partial charge on any atom is -0.461 e. The summed E-state index contributed by atoms with van der Waals surface area (Å²) < 4.78 is 6.69. The van der Waals surface area contributed by atoms with Crippen molar-refractivity contribution in [1.82, 2.24) is 4.57 Å². The van der Waals surface area contributed by atoms with Crippen LogP contribution in [-0.4, -0.2) is 17.1 Å². The third kappa shape index (κ3) is 3.05. The standard InChI is InChI=1S/C18H17ClN2O2S/c1-3-23-18(22)17-14(20)10-16(19)21(17)13-7-5-12(6-8-13)15-9-4-11(2)24-15/h4-10H,3,20H2,1-2H3. The first-order valence-corrected chi connectivity index (χ1v) is 8.71. The average molecular weight is 361 g/mol. The third-order valence-corrected chi connectivity index (χ3v) is 4.93. The Morgan fingerprint density at radius 3 is 2.54 bits per heavy atom. The van der Waals surface area contributed by atoms with Crippen molar-refractivity contribution in [2.75, 3.05) is 12.3 Å². The molecule has 2 N–H and O–H groups in total. The molecule has 0 saturated carbocycles. The summed E-state index contributed by atoms with van der Waals surface area (Å²) in [7, 11) is 0. The van der Waals surface area contributed by atoms with Gasteiger partial charge in [0.1, 0.15) is 5.15 Å². The number of hydrogen-bond donors (Lipinski definition) is 1. The zero-order valence-electron chi connectivity index (χ0n) is 13.4. The Balaban J connectivity index is 2.02. The van der Waals surface area contributed by atoms with Crippen LogP contribution in [0, 0.1) is 6.92 Å². The number of hydrogen-bond acceptors (Lipinski definition) is 4. The zero-order chi connectivity index (χ0) is 17.3. The molecule has 0 radical (unpaired) electrons. The summed E-state index contributed by atoms with van der Waals surface area (Å²) >= 11 is 8.00. The molecule has 0 spiro atoms. The maximum Gasteiger partial charge on any atom is 0.357 e. The summed E-state index contributed by atoms with van der Waals surface area (Å²) in [6, 6.07) is 13.6. The molecule has 0 aliphatic heterocycles. The second-order valence-corrected chi connectivity index (χ2v) is 6.96. The molecule has 0 unspecified atom stereocenters. The molecule has 2 heterocycles. The van der Waals surface area contributed by atoms with Crippen LogP contribution in [0.1, 0.15) is 22.3 Å². The minimum absolute atomic E-state index is 0.251. The van der Waals surface area contributed by atoms with Gasteiger partial charge in [-0.25, -0.2) is 4.79 Å². The number of aromatic nitrogens is 1. The molecule has 3 aromatic rings. The Morgan fingerprint density at radius 2 is 1.96 bits per heavy atom. The fraction of sp³-hybridized carbons (Fsp3) is 0.167. The highest BCUT2D eigenvalue weighted by Crippen LogP contribution is 2.31. The van der Waals surface area contributed by atoms with Crippen LogP contribution < -0.4 is 5.73 Å². The number of benzene rings is 1. The second kappa shape index (κ2) is 6.71. The van der Waals surface area contributed by atoms with E-state index in [1.165, 1.54) is 9.75 Å². The molecule has 0 atom stereocenters. The summed E-state index contributed by atoms with van der Waals surface area (Å²) in [5.74, 6) is -0.486. The van der Waals surface area contributed by atoms with E-state index in [0.717, 1.165) is 11.3 Å². The topological polar surface area (TPSA) is 57.2 Å². The molecule has 0 fully saturated rings. The lowest BCUT2D eigenvalue weighted by Gasteiger charge is -2.11.